The van der Waals surface area contributed by atoms with E-state index in [4.69, 9.17) is 20.8 Å². The molecule has 1 fully saturated rings. The van der Waals surface area contributed by atoms with Crippen molar-refractivity contribution < 1.29 is 19.1 Å². The van der Waals surface area contributed by atoms with E-state index < -0.39 is 21.5 Å². The van der Waals surface area contributed by atoms with E-state index in [1.165, 1.54) is 0 Å². The second-order valence-corrected chi connectivity index (χ2v) is 11.2. The average Bonchev–Trinajstić information content (AvgIpc) is 2.62. The van der Waals surface area contributed by atoms with Gasteiger partial charge in [-0.05, 0) is 38.1 Å². The number of carbonyl (C=O) groups is 1. The molecule has 4 atom stereocenters. The highest BCUT2D eigenvalue weighted by Crippen LogP contribution is 2.45. The Balaban J connectivity index is 2.84. The molecular formula is C16H31ClO4Si. The van der Waals surface area contributed by atoms with E-state index in [-0.39, 0.29) is 34.6 Å². The van der Waals surface area contributed by atoms with Crippen molar-refractivity contribution in [3.8, 4) is 0 Å². The first-order valence-corrected chi connectivity index (χ1v) is 9.81. The summed E-state index contributed by atoms with van der Waals surface area (Å²) in [6, 6.07) is 0. The Hall–Kier alpha value is -0.103. The molecule has 0 amide bonds. The summed E-state index contributed by atoms with van der Waals surface area (Å²) in [6.45, 7) is 12.7. The van der Waals surface area contributed by atoms with Gasteiger partial charge in [0.05, 0.1) is 24.7 Å². The molecule has 0 bridgehead atoms. The quantitative estimate of drug-likeness (QED) is 0.454. The summed E-state index contributed by atoms with van der Waals surface area (Å²) < 4.78 is 11.3. The van der Waals surface area contributed by atoms with Crippen molar-refractivity contribution in [2.45, 2.75) is 76.5 Å². The van der Waals surface area contributed by atoms with Crippen LogP contribution in [0.3, 0.4) is 0 Å². The number of hydrogen-bond donors (Lipinski definition) is 1. The van der Waals surface area contributed by atoms with Crippen LogP contribution in [0.1, 0.15) is 54.4 Å². The normalized spacial score (nSPS) is 30.2. The lowest BCUT2D eigenvalue weighted by Gasteiger charge is -2.39. The van der Waals surface area contributed by atoms with Gasteiger partial charge in [-0.2, -0.15) is 0 Å². The highest BCUT2D eigenvalue weighted by molar-refractivity contribution is 6.31. The molecule has 4 nitrogen and oxygen atoms in total. The summed E-state index contributed by atoms with van der Waals surface area (Å²) in [7, 11) is -0.757. The number of alkyl halides is 1. The van der Waals surface area contributed by atoms with Gasteiger partial charge in [0, 0.05) is 11.3 Å². The highest BCUT2D eigenvalue weighted by atomic mass is 35.5. The molecule has 0 aromatic rings. The van der Waals surface area contributed by atoms with E-state index in [0.29, 0.717) is 13.0 Å². The third-order valence-electron chi connectivity index (χ3n) is 4.19. The van der Waals surface area contributed by atoms with Crippen LogP contribution in [0, 0.1) is 11.8 Å². The molecule has 1 N–H and O–H groups in total. The minimum Gasteiger partial charge on any atom is -0.466 e. The van der Waals surface area contributed by atoms with Gasteiger partial charge in [0.2, 0.25) is 0 Å². The first-order chi connectivity index (χ1) is 9.98. The van der Waals surface area contributed by atoms with Gasteiger partial charge in [-0.1, -0.05) is 20.8 Å². The topological polar surface area (TPSA) is 55.8 Å². The molecule has 0 radical (unpaired) electrons. The monoisotopic (exact) mass is 350 g/mol. The van der Waals surface area contributed by atoms with Gasteiger partial charge >= 0.3 is 5.97 Å². The predicted octanol–water partition coefficient (Wildman–Crippen LogP) is 2.64. The number of hydrogen-bond acceptors (Lipinski definition) is 4. The fraction of sp³-hybridized carbons (Fsp3) is 0.938. The largest absolute Gasteiger partial charge is 0.466 e. The van der Waals surface area contributed by atoms with Gasteiger partial charge in [-0.25, -0.2) is 0 Å². The molecule has 0 aromatic carbocycles. The first-order valence-electron chi connectivity index (χ1n) is 8.09. The SMILES string of the molecule is CCOC(=O)CC1C(Cl)CC(O)C1C(C)(C)O[SiH2]C(C)(C)C. The molecule has 6 heteroatoms. The molecule has 130 valence electrons. The maximum absolute atomic E-state index is 11.8. The zero-order valence-corrected chi connectivity index (χ0v) is 16.9. The fourth-order valence-electron chi connectivity index (χ4n) is 3.21. The van der Waals surface area contributed by atoms with Crippen LogP contribution >= 0.6 is 11.6 Å². The second kappa shape index (κ2) is 7.64. The summed E-state index contributed by atoms with van der Waals surface area (Å²) in [5, 5.41) is 10.4. The lowest BCUT2D eigenvalue weighted by atomic mass is 9.80. The average molecular weight is 351 g/mol. The number of aliphatic hydroxyl groups excluding tert-OH is 1. The van der Waals surface area contributed by atoms with Crippen LogP contribution in [0.5, 0.6) is 0 Å². The van der Waals surface area contributed by atoms with Crippen LogP contribution in [-0.2, 0) is 14.0 Å². The molecule has 1 aliphatic carbocycles. The van der Waals surface area contributed by atoms with Crippen molar-refractivity contribution in [3.63, 3.8) is 0 Å². The van der Waals surface area contributed by atoms with E-state index in [2.05, 4.69) is 20.8 Å². The molecule has 4 unspecified atom stereocenters. The van der Waals surface area contributed by atoms with Crippen molar-refractivity contribution in [3.05, 3.63) is 0 Å². The number of aliphatic hydroxyl groups is 1. The minimum absolute atomic E-state index is 0.111. The fourth-order valence-corrected chi connectivity index (χ4v) is 4.63. The van der Waals surface area contributed by atoms with Crippen molar-refractivity contribution in [1.29, 1.82) is 0 Å². The molecule has 1 aliphatic rings. The van der Waals surface area contributed by atoms with Crippen LogP contribution in [-0.4, -0.2) is 44.5 Å². The van der Waals surface area contributed by atoms with Crippen molar-refractivity contribution in [2.75, 3.05) is 6.61 Å². The third-order valence-corrected chi connectivity index (χ3v) is 6.45. The summed E-state index contributed by atoms with van der Waals surface area (Å²) in [5.41, 5.74) is -0.486. The van der Waals surface area contributed by atoms with Gasteiger partial charge in [0.1, 0.15) is 0 Å². The van der Waals surface area contributed by atoms with Crippen LogP contribution < -0.4 is 0 Å². The van der Waals surface area contributed by atoms with Crippen molar-refractivity contribution in [1.82, 2.24) is 0 Å². The number of carbonyl (C=O) groups excluding carboxylic acids is 1. The molecule has 0 aromatic heterocycles. The Labute approximate surface area is 141 Å². The minimum atomic E-state index is -0.757. The molecule has 0 heterocycles. The Morgan fingerprint density at radius 1 is 1.32 bits per heavy atom. The zero-order chi connectivity index (χ0) is 17.1. The lowest BCUT2D eigenvalue weighted by molar-refractivity contribution is -0.145. The molecule has 1 rings (SSSR count). The van der Waals surface area contributed by atoms with E-state index in [1.807, 2.05) is 13.8 Å². The summed E-state index contributed by atoms with van der Waals surface area (Å²) in [4.78, 5) is 11.8. The van der Waals surface area contributed by atoms with Gasteiger partial charge in [0.15, 0.2) is 9.76 Å². The van der Waals surface area contributed by atoms with E-state index in [1.54, 1.807) is 6.92 Å². The van der Waals surface area contributed by atoms with Gasteiger partial charge in [-0.15, -0.1) is 11.6 Å². The molecule has 22 heavy (non-hydrogen) atoms. The molecule has 0 saturated heterocycles. The smallest absolute Gasteiger partial charge is 0.306 e. The number of halogens is 1. The van der Waals surface area contributed by atoms with Crippen LogP contribution in [0.25, 0.3) is 0 Å². The Morgan fingerprint density at radius 2 is 1.91 bits per heavy atom. The standard InChI is InChI=1S/C16H31ClO4Si/c1-7-20-13(19)8-10-11(17)9-12(18)14(10)16(5,6)21-22-15(2,3)4/h10-12,14,18H,7-9,22H2,1-6H3. The molecule has 0 aliphatic heterocycles. The van der Waals surface area contributed by atoms with Gasteiger partial charge in [-0.3, -0.25) is 4.79 Å². The Bertz CT molecular complexity index is 381. The molecular weight excluding hydrogens is 320 g/mol. The van der Waals surface area contributed by atoms with Gasteiger partial charge in [0.25, 0.3) is 0 Å². The van der Waals surface area contributed by atoms with Crippen LogP contribution in [0.2, 0.25) is 5.04 Å². The van der Waals surface area contributed by atoms with E-state index in [9.17, 15) is 9.90 Å². The maximum atomic E-state index is 11.8. The summed E-state index contributed by atoms with van der Waals surface area (Å²) in [5.74, 6) is -0.505. The number of esters is 1. The number of ether oxygens (including phenoxy) is 1. The highest BCUT2D eigenvalue weighted by Gasteiger charge is 2.50. The van der Waals surface area contributed by atoms with E-state index in [0.717, 1.165) is 0 Å². The van der Waals surface area contributed by atoms with Crippen molar-refractivity contribution >= 4 is 27.3 Å². The third kappa shape index (κ3) is 5.51. The van der Waals surface area contributed by atoms with Gasteiger partial charge < -0.3 is 14.3 Å². The second-order valence-electron chi connectivity index (χ2n) is 7.97. The summed E-state index contributed by atoms with van der Waals surface area (Å²) in [6.07, 6.45) is 0.208. The van der Waals surface area contributed by atoms with Crippen molar-refractivity contribution in [2.24, 2.45) is 11.8 Å². The summed E-state index contributed by atoms with van der Waals surface area (Å²) >= 11 is 6.40. The Morgan fingerprint density at radius 3 is 2.41 bits per heavy atom. The predicted molar refractivity (Wildman–Crippen MR) is 91.9 cm³/mol. The molecule has 0 spiro atoms. The number of rotatable bonds is 6. The maximum Gasteiger partial charge on any atom is 0.306 e. The van der Waals surface area contributed by atoms with E-state index >= 15 is 0 Å². The van der Waals surface area contributed by atoms with Crippen LogP contribution in [0.4, 0.5) is 0 Å². The lowest BCUT2D eigenvalue weighted by Crippen LogP contribution is -2.45. The first kappa shape index (κ1) is 19.9. The van der Waals surface area contributed by atoms with Crippen LogP contribution in [0.15, 0.2) is 0 Å². The molecule has 1 saturated carbocycles. The Kier molecular flexibility index (Phi) is 6.93. The zero-order valence-electron chi connectivity index (χ0n) is 14.7.